The van der Waals surface area contributed by atoms with Crippen molar-refractivity contribution in [2.75, 3.05) is 20.3 Å². The van der Waals surface area contributed by atoms with Crippen LogP contribution in [0.4, 0.5) is 0 Å². The fourth-order valence-corrected chi connectivity index (χ4v) is 6.56. The SMILES string of the molecule is CCOc1cc(C(=O)OCC(=O)NC23CC4CC(CC(C4)C2)C3)cc(Br)c1OC. The Morgan fingerprint density at radius 2 is 1.76 bits per heavy atom. The van der Waals surface area contributed by atoms with E-state index in [0.717, 1.165) is 37.0 Å². The van der Waals surface area contributed by atoms with Gasteiger partial charge in [0.05, 0.1) is 23.8 Å². The van der Waals surface area contributed by atoms with Crippen molar-refractivity contribution >= 4 is 27.8 Å². The first-order chi connectivity index (χ1) is 13.9. The Hall–Kier alpha value is -1.76. The Balaban J connectivity index is 1.37. The molecule has 0 spiro atoms. The maximum Gasteiger partial charge on any atom is 0.338 e. The van der Waals surface area contributed by atoms with Crippen LogP contribution >= 0.6 is 15.9 Å². The third-order valence-electron chi connectivity index (χ3n) is 6.53. The van der Waals surface area contributed by atoms with Crippen LogP contribution in [0.1, 0.15) is 55.8 Å². The minimum atomic E-state index is -0.560. The number of carbonyl (C=O) groups is 2. The van der Waals surface area contributed by atoms with Gasteiger partial charge in [0.25, 0.3) is 5.91 Å². The summed E-state index contributed by atoms with van der Waals surface area (Å²) in [4.78, 5) is 25.1. The molecule has 6 nitrogen and oxygen atoms in total. The Kier molecular flexibility index (Phi) is 5.78. The number of hydrogen-bond donors (Lipinski definition) is 1. The molecular weight excluding hydrogens is 438 g/mol. The number of amides is 1. The van der Waals surface area contributed by atoms with Gasteiger partial charge in [0.15, 0.2) is 18.1 Å². The lowest BCUT2D eigenvalue weighted by Gasteiger charge is -2.56. The number of nitrogens with one attached hydrogen (secondary N) is 1. The molecule has 0 saturated heterocycles. The normalized spacial score (nSPS) is 29.4. The van der Waals surface area contributed by atoms with Crippen LogP contribution in [0.15, 0.2) is 16.6 Å². The molecule has 0 aromatic heterocycles. The summed E-state index contributed by atoms with van der Waals surface area (Å²) in [7, 11) is 1.54. The van der Waals surface area contributed by atoms with Crippen molar-refractivity contribution in [3.05, 3.63) is 22.2 Å². The van der Waals surface area contributed by atoms with E-state index in [1.807, 2.05) is 6.92 Å². The summed E-state index contributed by atoms with van der Waals surface area (Å²) in [6, 6.07) is 3.19. The molecule has 29 heavy (non-hydrogen) atoms. The van der Waals surface area contributed by atoms with Crippen LogP contribution in [-0.2, 0) is 9.53 Å². The summed E-state index contributed by atoms with van der Waals surface area (Å²) in [6.07, 6.45) is 7.17. The number of benzene rings is 1. The van der Waals surface area contributed by atoms with E-state index in [4.69, 9.17) is 14.2 Å². The van der Waals surface area contributed by atoms with Crippen LogP contribution in [0, 0.1) is 17.8 Å². The van der Waals surface area contributed by atoms with Crippen molar-refractivity contribution in [2.45, 2.75) is 51.0 Å². The van der Waals surface area contributed by atoms with Gasteiger partial charge in [-0.1, -0.05) is 0 Å². The molecule has 4 saturated carbocycles. The fraction of sp³-hybridized carbons (Fsp3) is 0.636. The molecule has 0 heterocycles. The topological polar surface area (TPSA) is 73.9 Å². The van der Waals surface area contributed by atoms with Crippen molar-refractivity contribution in [3.63, 3.8) is 0 Å². The van der Waals surface area contributed by atoms with Gasteiger partial charge in [-0.15, -0.1) is 0 Å². The van der Waals surface area contributed by atoms with E-state index in [-0.39, 0.29) is 18.1 Å². The first-order valence-corrected chi connectivity index (χ1v) is 11.2. The largest absolute Gasteiger partial charge is 0.492 e. The molecule has 1 N–H and O–H groups in total. The van der Waals surface area contributed by atoms with Gasteiger partial charge in [-0.2, -0.15) is 0 Å². The molecule has 0 radical (unpaired) electrons. The third-order valence-corrected chi connectivity index (χ3v) is 7.12. The van der Waals surface area contributed by atoms with E-state index < -0.39 is 5.97 Å². The maximum absolute atomic E-state index is 12.6. The van der Waals surface area contributed by atoms with Crippen LogP contribution in [0.3, 0.4) is 0 Å². The van der Waals surface area contributed by atoms with Crippen LogP contribution in [-0.4, -0.2) is 37.7 Å². The molecule has 1 amide bonds. The highest BCUT2D eigenvalue weighted by Gasteiger charge is 2.51. The summed E-state index contributed by atoms with van der Waals surface area (Å²) in [5, 5.41) is 3.22. The second-order valence-corrected chi connectivity index (χ2v) is 9.60. The molecule has 4 aliphatic rings. The Morgan fingerprint density at radius 3 is 2.31 bits per heavy atom. The molecule has 4 aliphatic carbocycles. The first-order valence-electron chi connectivity index (χ1n) is 10.4. The second kappa shape index (κ2) is 8.17. The lowest BCUT2D eigenvalue weighted by molar-refractivity contribution is -0.130. The molecule has 0 aliphatic heterocycles. The van der Waals surface area contributed by atoms with Gasteiger partial charge in [-0.3, -0.25) is 4.79 Å². The number of hydrogen-bond acceptors (Lipinski definition) is 5. The zero-order chi connectivity index (χ0) is 20.6. The monoisotopic (exact) mass is 465 g/mol. The smallest absolute Gasteiger partial charge is 0.338 e. The zero-order valence-corrected chi connectivity index (χ0v) is 18.5. The summed E-state index contributed by atoms with van der Waals surface area (Å²) in [5.41, 5.74) is 0.229. The van der Waals surface area contributed by atoms with Gasteiger partial charge in [0.1, 0.15) is 0 Å². The highest BCUT2D eigenvalue weighted by atomic mass is 79.9. The first kappa shape index (κ1) is 20.5. The van der Waals surface area contributed by atoms with Gasteiger partial charge in [-0.25, -0.2) is 4.79 Å². The van der Waals surface area contributed by atoms with Crippen molar-refractivity contribution in [1.29, 1.82) is 0 Å². The van der Waals surface area contributed by atoms with E-state index in [1.165, 1.54) is 26.4 Å². The van der Waals surface area contributed by atoms with Gasteiger partial charge in [0, 0.05) is 5.54 Å². The summed E-state index contributed by atoms with van der Waals surface area (Å²) in [5.74, 6) is 2.44. The van der Waals surface area contributed by atoms with Gasteiger partial charge < -0.3 is 19.5 Å². The number of carbonyl (C=O) groups excluding carboxylic acids is 2. The molecule has 7 heteroatoms. The Morgan fingerprint density at radius 1 is 1.14 bits per heavy atom. The maximum atomic E-state index is 12.6. The number of halogens is 1. The van der Waals surface area contributed by atoms with E-state index in [9.17, 15) is 9.59 Å². The quantitative estimate of drug-likeness (QED) is 0.613. The zero-order valence-electron chi connectivity index (χ0n) is 17.0. The minimum Gasteiger partial charge on any atom is -0.492 e. The summed E-state index contributed by atoms with van der Waals surface area (Å²) < 4.78 is 16.7. The Labute approximate surface area is 179 Å². The van der Waals surface area contributed by atoms with Crippen LogP contribution in [0.2, 0.25) is 0 Å². The lowest BCUT2D eigenvalue weighted by atomic mass is 9.53. The summed E-state index contributed by atoms with van der Waals surface area (Å²) in [6.45, 7) is 2.02. The lowest BCUT2D eigenvalue weighted by Crippen LogP contribution is -2.60. The number of rotatable bonds is 7. The van der Waals surface area contributed by atoms with E-state index in [1.54, 1.807) is 12.1 Å². The van der Waals surface area contributed by atoms with E-state index >= 15 is 0 Å². The van der Waals surface area contributed by atoms with Gasteiger partial charge in [-0.05, 0) is 91.3 Å². The molecule has 158 valence electrons. The van der Waals surface area contributed by atoms with Crippen LogP contribution in [0.25, 0.3) is 0 Å². The highest BCUT2D eigenvalue weighted by molar-refractivity contribution is 9.10. The van der Waals surface area contributed by atoms with Crippen LogP contribution < -0.4 is 14.8 Å². The van der Waals surface area contributed by atoms with Gasteiger partial charge in [0.2, 0.25) is 0 Å². The van der Waals surface area contributed by atoms with E-state index in [2.05, 4.69) is 21.2 Å². The predicted molar refractivity (Wildman–Crippen MR) is 111 cm³/mol. The van der Waals surface area contributed by atoms with Crippen molar-refractivity contribution in [3.8, 4) is 11.5 Å². The van der Waals surface area contributed by atoms with Gasteiger partial charge >= 0.3 is 5.97 Å². The fourth-order valence-electron chi connectivity index (χ4n) is 5.96. The predicted octanol–water partition coefficient (Wildman–Crippen LogP) is 4.10. The standard InChI is InChI=1S/C22H28BrNO5/c1-3-28-18-8-16(7-17(23)20(18)27-2)21(26)29-12-19(25)24-22-9-13-4-14(10-22)6-15(5-13)11-22/h7-8,13-15H,3-6,9-12H2,1-2H3,(H,24,25). The Bertz CT molecular complexity index is 773. The van der Waals surface area contributed by atoms with E-state index in [0.29, 0.717) is 28.1 Å². The minimum absolute atomic E-state index is 0.0798. The molecule has 5 rings (SSSR count). The molecular formula is C22H28BrNO5. The molecule has 0 atom stereocenters. The average Bonchev–Trinajstić information content (AvgIpc) is 2.64. The molecule has 1 aromatic carbocycles. The van der Waals surface area contributed by atoms with Crippen LogP contribution in [0.5, 0.6) is 11.5 Å². The summed E-state index contributed by atoms with van der Waals surface area (Å²) >= 11 is 3.39. The average molecular weight is 466 g/mol. The molecule has 1 aromatic rings. The van der Waals surface area contributed by atoms with Crippen molar-refractivity contribution < 1.29 is 23.8 Å². The third kappa shape index (κ3) is 4.25. The van der Waals surface area contributed by atoms with Crippen molar-refractivity contribution in [1.82, 2.24) is 5.32 Å². The highest BCUT2D eigenvalue weighted by Crippen LogP contribution is 2.55. The molecule has 0 unspecified atom stereocenters. The number of methoxy groups -OCH3 is 1. The van der Waals surface area contributed by atoms with Crippen molar-refractivity contribution in [2.24, 2.45) is 17.8 Å². The molecule has 4 fully saturated rings. The molecule has 4 bridgehead atoms. The number of esters is 1. The second-order valence-electron chi connectivity index (χ2n) is 8.74. The number of ether oxygens (including phenoxy) is 3.